The van der Waals surface area contributed by atoms with Crippen LogP contribution in [0, 0.1) is 5.92 Å². The first-order valence-corrected chi connectivity index (χ1v) is 11.8. The molecule has 0 fully saturated rings. The number of nitrogens with one attached hydrogen (secondary N) is 1. The SMILES string of the molecule is C[C@@H]1c2cc(Br)ccc2N[C@@H]2c3c(nc4ccccn4c3=O)N(Cc3ccccc3)C[C@@H]12. The normalized spacial score (nSPS) is 21.4. The van der Waals surface area contributed by atoms with Gasteiger partial charge in [0.25, 0.3) is 5.56 Å². The van der Waals surface area contributed by atoms with Crippen molar-refractivity contribution in [2.75, 3.05) is 16.8 Å². The van der Waals surface area contributed by atoms with E-state index in [1.807, 2.05) is 30.5 Å². The second-order valence-corrected chi connectivity index (χ2v) is 9.67. The molecule has 0 saturated carbocycles. The number of anilines is 2. The van der Waals surface area contributed by atoms with Gasteiger partial charge in [-0.15, -0.1) is 0 Å². The first kappa shape index (κ1) is 19.6. The topological polar surface area (TPSA) is 49.6 Å². The predicted molar refractivity (Wildman–Crippen MR) is 131 cm³/mol. The summed E-state index contributed by atoms with van der Waals surface area (Å²) in [5.41, 5.74) is 5.06. The Hall–Kier alpha value is -3.12. The molecule has 0 aliphatic carbocycles. The van der Waals surface area contributed by atoms with E-state index >= 15 is 0 Å². The van der Waals surface area contributed by atoms with Crippen LogP contribution in [0.2, 0.25) is 0 Å². The van der Waals surface area contributed by atoms with Crippen LogP contribution in [0.15, 0.2) is 82.2 Å². The number of pyridine rings is 1. The zero-order chi connectivity index (χ0) is 21.8. The highest BCUT2D eigenvalue weighted by molar-refractivity contribution is 9.10. The van der Waals surface area contributed by atoms with E-state index in [-0.39, 0.29) is 17.5 Å². The lowest BCUT2D eigenvalue weighted by Gasteiger charge is -2.46. The van der Waals surface area contributed by atoms with Gasteiger partial charge in [-0.2, -0.15) is 0 Å². The molecule has 2 aliphatic heterocycles. The maximum absolute atomic E-state index is 13.7. The summed E-state index contributed by atoms with van der Waals surface area (Å²) in [5.74, 6) is 1.35. The summed E-state index contributed by atoms with van der Waals surface area (Å²) in [6, 6.07) is 22.4. The van der Waals surface area contributed by atoms with E-state index in [0.29, 0.717) is 11.6 Å². The second-order valence-electron chi connectivity index (χ2n) is 8.76. The van der Waals surface area contributed by atoms with Crippen molar-refractivity contribution in [2.24, 2.45) is 5.92 Å². The highest BCUT2D eigenvalue weighted by atomic mass is 79.9. The number of hydrogen-bond donors (Lipinski definition) is 1. The molecule has 2 aromatic heterocycles. The Labute approximate surface area is 194 Å². The van der Waals surface area contributed by atoms with Crippen LogP contribution in [0.4, 0.5) is 11.5 Å². The number of benzene rings is 2. The van der Waals surface area contributed by atoms with Gasteiger partial charge >= 0.3 is 0 Å². The fourth-order valence-corrected chi connectivity index (χ4v) is 5.65. The summed E-state index contributed by atoms with van der Waals surface area (Å²) in [4.78, 5) is 21.0. The number of hydrogen-bond acceptors (Lipinski definition) is 4. The molecule has 32 heavy (non-hydrogen) atoms. The molecule has 0 saturated heterocycles. The lowest BCUT2D eigenvalue weighted by molar-refractivity contribution is 0.353. The van der Waals surface area contributed by atoms with Crippen molar-refractivity contribution in [2.45, 2.75) is 25.4 Å². The van der Waals surface area contributed by atoms with Gasteiger partial charge in [0.2, 0.25) is 0 Å². The van der Waals surface area contributed by atoms with Crippen LogP contribution >= 0.6 is 15.9 Å². The number of rotatable bonds is 2. The zero-order valence-corrected chi connectivity index (χ0v) is 19.3. The maximum atomic E-state index is 13.7. The Morgan fingerprint density at radius 3 is 2.75 bits per heavy atom. The molecular weight excluding hydrogens is 464 g/mol. The minimum atomic E-state index is -0.0715. The van der Waals surface area contributed by atoms with Crippen LogP contribution in [0.1, 0.15) is 35.6 Å². The van der Waals surface area contributed by atoms with E-state index in [2.05, 4.69) is 75.5 Å². The van der Waals surface area contributed by atoms with Gasteiger partial charge in [0.15, 0.2) is 0 Å². The average molecular weight is 487 g/mol. The van der Waals surface area contributed by atoms with Gasteiger partial charge in [0.1, 0.15) is 11.5 Å². The van der Waals surface area contributed by atoms with Gasteiger partial charge in [-0.05, 0) is 47.4 Å². The average Bonchev–Trinajstić information content (AvgIpc) is 2.81. The minimum absolute atomic E-state index is 0.0126. The van der Waals surface area contributed by atoms with Gasteiger partial charge < -0.3 is 10.2 Å². The van der Waals surface area contributed by atoms with Crippen LogP contribution in [-0.4, -0.2) is 15.9 Å². The number of halogens is 1. The fraction of sp³-hybridized carbons (Fsp3) is 0.231. The minimum Gasteiger partial charge on any atom is -0.377 e. The van der Waals surface area contributed by atoms with Gasteiger partial charge in [-0.3, -0.25) is 9.20 Å². The highest BCUT2D eigenvalue weighted by Gasteiger charge is 2.43. The summed E-state index contributed by atoms with van der Waals surface area (Å²) in [6.07, 6.45) is 1.81. The Balaban J connectivity index is 1.55. The van der Waals surface area contributed by atoms with Gasteiger partial charge in [-0.1, -0.05) is 59.3 Å². The maximum Gasteiger partial charge on any atom is 0.265 e. The molecule has 0 amide bonds. The molecule has 3 atom stereocenters. The second kappa shape index (κ2) is 7.48. The van der Waals surface area contributed by atoms with E-state index in [0.717, 1.165) is 34.6 Å². The molecule has 0 unspecified atom stereocenters. The molecule has 1 N–H and O–H groups in total. The van der Waals surface area contributed by atoms with Gasteiger partial charge in [0, 0.05) is 35.4 Å². The predicted octanol–water partition coefficient (Wildman–Crippen LogP) is 5.36. The molecule has 0 spiro atoms. The van der Waals surface area contributed by atoms with Crippen molar-refractivity contribution in [1.82, 2.24) is 9.38 Å². The quantitative estimate of drug-likeness (QED) is 0.414. The summed E-state index contributed by atoms with van der Waals surface area (Å²) in [5, 5.41) is 3.70. The van der Waals surface area contributed by atoms with E-state index in [9.17, 15) is 4.79 Å². The first-order valence-electron chi connectivity index (χ1n) is 11.0. The first-order chi connectivity index (χ1) is 15.6. The smallest absolute Gasteiger partial charge is 0.265 e. The molecule has 2 aromatic carbocycles. The molecule has 160 valence electrons. The molecule has 6 heteroatoms. The number of fused-ring (bicyclic) bond motifs is 5. The van der Waals surface area contributed by atoms with Crippen molar-refractivity contribution in [3.63, 3.8) is 0 Å². The molecule has 2 aliphatic rings. The summed E-state index contributed by atoms with van der Waals surface area (Å²) in [7, 11) is 0. The third kappa shape index (κ3) is 3.05. The summed E-state index contributed by atoms with van der Waals surface area (Å²) in [6.45, 7) is 3.84. The van der Waals surface area contributed by atoms with Crippen molar-refractivity contribution in [1.29, 1.82) is 0 Å². The number of aromatic nitrogens is 2. The van der Waals surface area contributed by atoms with Crippen molar-refractivity contribution >= 4 is 33.1 Å². The van der Waals surface area contributed by atoms with Crippen LogP contribution < -0.4 is 15.8 Å². The third-order valence-corrected chi connectivity index (χ3v) is 7.39. The van der Waals surface area contributed by atoms with Gasteiger partial charge in [0.05, 0.1) is 11.6 Å². The lowest BCUT2D eigenvalue weighted by atomic mass is 9.74. The molecular formula is C26H23BrN4O. The van der Waals surface area contributed by atoms with Crippen molar-refractivity contribution < 1.29 is 0 Å². The van der Waals surface area contributed by atoms with Crippen LogP contribution in [-0.2, 0) is 6.54 Å². The van der Waals surface area contributed by atoms with Crippen LogP contribution in [0.5, 0.6) is 0 Å². The fourth-order valence-electron chi connectivity index (χ4n) is 5.27. The zero-order valence-electron chi connectivity index (χ0n) is 17.7. The van der Waals surface area contributed by atoms with E-state index in [1.54, 1.807) is 4.40 Å². The summed E-state index contributed by atoms with van der Waals surface area (Å²) >= 11 is 3.63. The molecule has 4 heterocycles. The van der Waals surface area contributed by atoms with Gasteiger partial charge in [-0.25, -0.2) is 4.98 Å². The Kier molecular flexibility index (Phi) is 4.57. The molecule has 6 rings (SSSR count). The molecule has 0 radical (unpaired) electrons. The Morgan fingerprint density at radius 2 is 1.91 bits per heavy atom. The van der Waals surface area contributed by atoms with E-state index in [4.69, 9.17) is 4.98 Å². The lowest BCUT2D eigenvalue weighted by Crippen LogP contribution is -2.47. The summed E-state index contributed by atoms with van der Waals surface area (Å²) < 4.78 is 2.75. The van der Waals surface area contributed by atoms with Crippen LogP contribution in [0.3, 0.4) is 0 Å². The number of nitrogens with zero attached hydrogens (tertiary/aromatic N) is 3. The van der Waals surface area contributed by atoms with Crippen LogP contribution in [0.25, 0.3) is 5.65 Å². The van der Waals surface area contributed by atoms with E-state index < -0.39 is 0 Å². The molecule has 5 nitrogen and oxygen atoms in total. The molecule has 0 bridgehead atoms. The standard InChI is InChI=1S/C26H23BrN4O/c1-16-19-13-18(27)10-11-21(19)28-24-20(16)15-30(14-17-7-3-2-4-8-17)25-23(24)26(32)31-12-6-5-9-22(31)29-25/h2-13,16,20,24,28H,14-15H2,1H3/t16-,20+,24+/m1/s1. The highest BCUT2D eigenvalue weighted by Crippen LogP contribution is 2.49. The Bertz CT molecular complexity index is 1380. The largest absolute Gasteiger partial charge is 0.377 e. The van der Waals surface area contributed by atoms with E-state index in [1.165, 1.54) is 11.1 Å². The van der Waals surface area contributed by atoms with Crippen molar-refractivity contribution in [3.8, 4) is 0 Å². The monoisotopic (exact) mass is 486 g/mol. The molecule has 4 aromatic rings. The Morgan fingerprint density at radius 1 is 1.09 bits per heavy atom. The van der Waals surface area contributed by atoms with Crippen molar-refractivity contribution in [3.05, 3.63) is 104 Å². The third-order valence-electron chi connectivity index (χ3n) is 6.89.